The van der Waals surface area contributed by atoms with Crippen molar-refractivity contribution in [3.63, 3.8) is 0 Å². The molecule has 0 fully saturated rings. The van der Waals surface area contributed by atoms with Gasteiger partial charge in [-0.3, -0.25) is 14.4 Å². The van der Waals surface area contributed by atoms with Gasteiger partial charge in [-0.1, -0.05) is 60.7 Å². The number of unbranched alkanes of at least 4 members (excludes halogenated alkanes) is 2. The molecule has 0 aromatic heterocycles. The van der Waals surface area contributed by atoms with E-state index in [9.17, 15) is 19.2 Å². The Bertz CT molecular complexity index is 2170. The first kappa shape index (κ1) is 49.8. The Morgan fingerprint density at radius 3 is 1.61 bits per heavy atom. The summed E-state index contributed by atoms with van der Waals surface area (Å²) in [5, 5.41) is 11.5. The number of carbonyl (C=O) groups excluding carboxylic acids is 3. The number of benzene rings is 5. The van der Waals surface area contributed by atoms with Gasteiger partial charge in [0.2, 0.25) is 5.91 Å². The van der Waals surface area contributed by atoms with Crippen LogP contribution in [-0.2, 0) is 43.1 Å². The van der Waals surface area contributed by atoms with Crippen molar-refractivity contribution >= 4 is 29.5 Å². The van der Waals surface area contributed by atoms with Crippen molar-refractivity contribution < 1.29 is 52.7 Å². The molecule has 340 valence electrons. The largest absolute Gasteiger partial charge is 0.494 e. The van der Waals surface area contributed by atoms with Crippen molar-refractivity contribution in [2.45, 2.75) is 84.2 Å². The molecule has 0 aliphatic rings. The SMILES string of the molecule is COC(=O)c1ccc(NC(=O)CCc2cccc(OCCCCOc3ccccc3)c2)c(CC(=O)OC(C)(C)C)c1.O=C(O)CCc1ccc(OCCCCOc2ccccc2)cc1. The maximum absolute atomic E-state index is 12.8. The predicted octanol–water partition coefficient (Wildman–Crippen LogP) is 10.1. The Balaban J connectivity index is 0.000000329. The van der Waals surface area contributed by atoms with Crippen molar-refractivity contribution in [1.82, 2.24) is 0 Å². The van der Waals surface area contributed by atoms with Crippen molar-refractivity contribution in [1.29, 1.82) is 0 Å². The average Bonchev–Trinajstić information content (AvgIpc) is 3.28. The van der Waals surface area contributed by atoms with Crippen LogP contribution in [0.5, 0.6) is 23.0 Å². The highest BCUT2D eigenvalue weighted by molar-refractivity contribution is 5.95. The average molecular weight is 876 g/mol. The van der Waals surface area contributed by atoms with E-state index in [4.69, 9.17) is 33.5 Å². The van der Waals surface area contributed by atoms with E-state index in [0.717, 1.165) is 59.8 Å². The quantitative estimate of drug-likeness (QED) is 0.0449. The van der Waals surface area contributed by atoms with Crippen LogP contribution in [0.15, 0.2) is 127 Å². The Morgan fingerprint density at radius 1 is 0.562 bits per heavy atom. The molecule has 5 rings (SSSR count). The molecule has 12 heteroatoms. The molecule has 12 nitrogen and oxygen atoms in total. The number of ether oxygens (including phenoxy) is 6. The highest BCUT2D eigenvalue weighted by atomic mass is 16.6. The molecule has 5 aromatic carbocycles. The van der Waals surface area contributed by atoms with E-state index in [1.807, 2.05) is 109 Å². The second kappa shape index (κ2) is 27.3. The summed E-state index contributed by atoms with van der Waals surface area (Å²) >= 11 is 0. The lowest BCUT2D eigenvalue weighted by Gasteiger charge is -2.20. The molecule has 0 aliphatic carbocycles. The van der Waals surface area contributed by atoms with Gasteiger partial charge in [0.25, 0.3) is 0 Å². The van der Waals surface area contributed by atoms with Crippen LogP contribution in [0, 0.1) is 0 Å². The van der Waals surface area contributed by atoms with Gasteiger partial charge >= 0.3 is 17.9 Å². The summed E-state index contributed by atoms with van der Waals surface area (Å²) in [7, 11) is 1.29. The van der Waals surface area contributed by atoms with E-state index in [1.54, 1.807) is 39.0 Å². The number of hydrogen-bond donors (Lipinski definition) is 2. The molecule has 0 heterocycles. The van der Waals surface area contributed by atoms with E-state index < -0.39 is 23.5 Å². The normalized spacial score (nSPS) is 10.7. The number of nitrogens with one attached hydrogen (secondary N) is 1. The number of methoxy groups -OCH3 is 1. The number of carboxylic acids is 1. The first-order chi connectivity index (χ1) is 30.9. The summed E-state index contributed by atoms with van der Waals surface area (Å²) in [6.07, 6.45) is 4.94. The minimum atomic E-state index is -0.775. The maximum atomic E-state index is 12.8. The van der Waals surface area contributed by atoms with Crippen molar-refractivity contribution in [2.75, 3.05) is 38.9 Å². The number of esters is 2. The number of para-hydroxylation sites is 2. The molecule has 2 N–H and O–H groups in total. The van der Waals surface area contributed by atoms with Crippen LogP contribution in [0.1, 0.15) is 86.3 Å². The van der Waals surface area contributed by atoms with Crippen LogP contribution in [-0.4, -0.2) is 68.1 Å². The zero-order valence-electron chi connectivity index (χ0n) is 37.3. The smallest absolute Gasteiger partial charge is 0.337 e. The van der Waals surface area contributed by atoms with Crippen LogP contribution in [0.25, 0.3) is 0 Å². The third-order valence-corrected chi connectivity index (χ3v) is 9.28. The van der Waals surface area contributed by atoms with Crippen LogP contribution in [0.2, 0.25) is 0 Å². The van der Waals surface area contributed by atoms with E-state index in [-0.39, 0.29) is 30.7 Å². The fourth-order valence-corrected chi connectivity index (χ4v) is 6.11. The Labute approximate surface area is 376 Å². The molecule has 0 atom stereocenters. The second-order valence-electron chi connectivity index (χ2n) is 15.8. The van der Waals surface area contributed by atoms with Crippen molar-refractivity contribution in [3.05, 3.63) is 150 Å². The maximum Gasteiger partial charge on any atom is 0.337 e. The number of aliphatic carboxylic acids is 1. The zero-order chi connectivity index (χ0) is 46.0. The third kappa shape index (κ3) is 20.4. The summed E-state index contributed by atoms with van der Waals surface area (Å²) in [6, 6.07) is 39.5. The number of hydrogen-bond acceptors (Lipinski definition) is 10. The molecular weight excluding hydrogens is 815 g/mol. The molecule has 64 heavy (non-hydrogen) atoms. The number of aryl methyl sites for hydroxylation is 2. The second-order valence-corrected chi connectivity index (χ2v) is 15.8. The van der Waals surface area contributed by atoms with Gasteiger partial charge < -0.3 is 38.8 Å². The minimum Gasteiger partial charge on any atom is -0.494 e. The summed E-state index contributed by atoms with van der Waals surface area (Å²) in [4.78, 5) is 47.8. The monoisotopic (exact) mass is 875 g/mol. The van der Waals surface area contributed by atoms with Gasteiger partial charge in [0.05, 0.1) is 45.5 Å². The van der Waals surface area contributed by atoms with Gasteiger partial charge in [0, 0.05) is 18.5 Å². The molecule has 0 unspecified atom stereocenters. The van der Waals surface area contributed by atoms with Gasteiger partial charge in [0.15, 0.2) is 0 Å². The van der Waals surface area contributed by atoms with Gasteiger partial charge in [-0.25, -0.2) is 4.79 Å². The first-order valence-electron chi connectivity index (χ1n) is 21.6. The first-order valence-corrected chi connectivity index (χ1v) is 21.6. The van der Waals surface area contributed by atoms with Crippen LogP contribution in [0.3, 0.4) is 0 Å². The zero-order valence-corrected chi connectivity index (χ0v) is 37.3. The lowest BCUT2D eigenvalue weighted by Crippen LogP contribution is -2.25. The standard InChI is InChI=1S/C33H39NO7.C19H22O4/c1-33(2,3)41-31(36)23-26-22-25(32(37)38-4)16-17-29(26)34-30(35)18-15-24-11-10-14-28(21-24)40-20-9-8-19-39-27-12-6-5-7-13-27;20-19(21)13-10-16-8-11-18(12-9-16)23-15-5-4-14-22-17-6-2-1-3-7-17/h5-7,10-14,16-17,21-22H,8-9,15,18-20,23H2,1-4H3,(H,34,35);1-3,6-9,11-12H,4-5,10,13-15H2,(H,20,21). The molecule has 0 saturated heterocycles. The molecular formula is C52H61NO11. The van der Waals surface area contributed by atoms with Crippen LogP contribution in [0.4, 0.5) is 5.69 Å². The fraction of sp³-hybridized carbons (Fsp3) is 0.346. The van der Waals surface area contributed by atoms with Crippen molar-refractivity contribution in [3.8, 4) is 23.0 Å². The number of anilines is 1. The van der Waals surface area contributed by atoms with Gasteiger partial charge in [-0.15, -0.1) is 0 Å². The topological polar surface area (TPSA) is 156 Å². The van der Waals surface area contributed by atoms with Crippen LogP contribution < -0.4 is 24.3 Å². The Kier molecular flexibility index (Phi) is 21.2. The molecule has 0 aliphatic heterocycles. The number of amides is 1. The van der Waals surface area contributed by atoms with E-state index >= 15 is 0 Å². The third-order valence-electron chi connectivity index (χ3n) is 9.28. The lowest BCUT2D eigenvalue weighted by atomic mass is 10.0. The summed E-state index contributed by atoms with van der Waals surface area (Å²) in [5.74, 6) is 1.34. The molecule has 0 saturated carbocycles. The summed E-state index contributed by atoms with van der Waals surface area (Å²) in [5.41, 5.74) is 2.53. The highest BCUT2D eigenvalue weighted by Gasteiger charge is 2.20. The van der Waals surface area contributed by atoms with E-state index in [1.165, 1.54) is 7.11 Å². The minimum absolute atomic E-state index is 0.102. The predicted molar refractivity (Wildman–Crippen MR) is 246 cm³/mol. The Morgan fingerprint density at radius 2 is 1.08 bits per heavy atom. The Hall–Kier alpha value is -6.82. The lowest BCUT2D eigenvalue weighted by molar-refractivity contribution is -0.154. The molecule has 5 aromatic rings. The fourth-order valence-electron chi connectivity index (χ4n) is 6.11. The van der Waals surface area contributed by atoms with E-state index in [2.05, 4.69) is 5.32 Å². The highest BCUT2D eigenvalue weighted by Crippen LogP contribution is 2.22. The summed E-state index contributed by atoms with van der Waals surface area (Å²) in [6.45, 7) is 7.87. The molecule has 1 amide bonds. The number of carbonyl (C=O) groups is 4. The molecule has 0 spiro atoms. The van der Waals surface area contributed by atoms with Crippen LogP contribution >= 0.6 is 0 Å². The van der Waals surface area contributed by atoms with Gasteiger partial charge in [0.1, 0.15) is 28.6 Å². The molecule has 0 bridgehead atoms. The van der Waals surface area contributed by atoms with Gasteiger partial charge in [-0.2, -0.15) is 0 Å². The molecule has 0 radical (unpaired) electrons. The number of rotatable bonds is 24. The van der Waals surface area contributed by atoms with Crippen molar-refractivity contribution in [2.24, 2.45) is 0 Å². The number of carboxylic acid groups (broad SMARTS) is 1. The van der Waals surface area contributed by atoms with E-state index in [0.29, 0.717) is 50.5 Å². The summed E-state index contributed by atoms with van der Waals surface area (Å²) < 4.78 is 33.1. The van der Waals surface area contributed by atoms with Gasteiger partial charge in [-0.05, 0) is 143 Å².